The van der Waals surface area contributed by atoms with Gasteiger partial charge in [0.05, 0.1) is 0 Å². The number of Topliss-reactive ketones (excluding diaryl/α,β-unsaturated/α-hetero) is 1. The van der Waals surface area contributed by atoms with Gasteiger partial charge in [-0.25, -0.2) is 0 Å². The van der Waals surface area contributed by atoms with E-state index in [0.29, 0.717) is 17.0 Å². The van der Waals surface area contributed by atoms with E-state index >= 15 is 0 Å². The number of rotatable bonds is 1. The molecule has 0 aromatic rings. The van der Waals surface area contributed by atoms with E-state index in [4.69, 9.17) is 0 Å². The molecule has 3 unspecified atom stereocenters. The summed E-state index contributed by atoms with van der Waals surface area (Å²) < 4.78 is 0. The van der Waals surface area contributed by atoms with Gasteiger partial charge in [0.1, 0.15) is 5.78 Å². The van der Waals surface area contributed by atoms with Crippen molar-refractivity contribution in [2.24, 2.45) is 11.8 Å². The van der Waals surface area contributed by atoms with E-state index in [1.165, 1.54) is 19.3 Å². The summed E-state index contributed by atoms with van der Waals surface area (Å²) >= 11 is 1.89. The molecule has 0 heterocycles. The van der Waals surface area contributed by atoms with Gasteiger partial charge in [-0.15, -0.1) is 0 Å². The van der Waals surface area contributed by atoms with E-state index in [-0.39, 0.29) is 0 Å². The molecule has 0 spiro atoms. The number of fused-ring (bicyclic) bond motifs is 3. The fourth-order valence-corrected chi connectivity index (χ4v) is 3.54. The fraction of sp³-hybridized carbons (Fsp3) is 0.889. The van der Waals surface area contributed by atoms with Crippen LogP contribution in [0.25, 0.3) is 0 Å². The summed E-state index contributed by atoms with van der Waals surface area (Å²) in [5.41, 5.74) is 0. The molecular weight excluding hydrogens is 156 g/mol. The number of hydrogen-bond acceptors (Lipinski definition) is 2. The minimum atomic E-state index is 0.426. The third kappa shape index (κ3) is 1.22. The number of hydrogen-bond donors (Lipinski definition) is 0. The van der Waals surface area contributed by atoms with Crippen molar-refractivity contribution < 1.29 is 4.79 Å². The van der Waals surface area contributed by atoms with Gasteiger partial charge in [0.15, 0.2) is 0 Å². The summed E-state index contributed by atoms with van der Waals surface area (Å²) in [6.45, 7) is 0. The van der Waals surface area contributed by atoms with Crippen molar-refractivity contribution in [2.75, 3.05) is 6.26 Å². The largest absolute Gasteiger partial charge is 0.299 e. The average molecular weight is 170 g/mol. The van der Waals surface area contributed by atoms with Gasteiger partial charge in [0.25, 0.3) is 0 Å². The highest BCUT2D eigenvalue weighted by molar-refractivity contribution is 7.99. The number of thioether (sulfide) groups is 1. The summed E-state index contributed by atoms with van der Waals surface area (Å²) in [7, 11) is 0. The molecular formula is C9H14OS. The summed E-state index contributed by atoms with van der Waals surface area (Å²) in [5.74, 6) is 1.71. The molecule has 3 atom stereocenters. The van der Waals surface area contributed by atoms with Crippen LogP contribution in [0.5, 0.6) is 0 Å². The maximum atomic E-state index is 11.4. The van der Waals surface area contributed by atoms with E-state index in [2.05, 4.69) is 6.26 Å². The maximum absolute atomic E-state index is 11.4. The second kappa shape index (κ2) is 2.81. The van der Waals surface area contributed by atoms with Crippen molar-refractivity contribution in [3.05, 3.63) is 0 Å². The smallest absolute Gasteiger partial charge is 0.137 e. The second-order valence-corrected chi connectivity index (χ2v) is 4.81. The van der Waals surface area contributed by atoms with Gasteiger partial charge in [-0.2, -0.15) is 11.8 Å². The quantitative estimate of drug-likeness (QED) is 0.599. The first-order valence-corrected chi connectivity index (χ1v) is 5.65. The first-order valence-electron chi connectivity index (χ1n) is 4.36. The zero-order valence-corrected chi connectivity index (χ0v) is 7.69. The Kier molecular flexibility index (Phi) is 1.96. The SMILES string of the molecule is CSC1CC2CCC1C(=O)C2. The van der Waals surface area contributed by atoms with Crippen molar-refractivity contribution >= 4 is 17.5 Å². The molecule has 2 heteroatoms. The Morgan fingerprint density at radius 3 is 2.73 bits per heavy atom. The first-order chi connectivity index (χ1) is 5.31. The second-order valence-electron chi connectivity index (χ2n) is 3.73. The minimum Gasteiger partial charge on any atom is -0.299 e. The topological polar surface area (TPSA) is 17.1 Å². The monoisotopic (exact) mass is 170 g/mol. The Balaban J connectivity index is 2.13. The van der Waals surface area contributed by atoms with Gasteiger partial charge < -0.3 is 0 Å². The van der Waals surface area contributed by atoms with Crippen molar-refractivity contribution in [1.29, 1.82) is 0 Å². The predicted molar refractivity (Wildman–Crippen MR) is 47.8 cm³/mol. The van der Waals surface area contributed by atoms with Crippen molar-refractivity contribution in [2.45, 2.75) is 30.9 Å². The van der Waals surface area contributed by atoms with Crippen molar-refractivity contribution in [3.8, 4) is 0 Å². The van der Waals surface area contributed by atoms with Gasteiger partial charge in [-0.05, 0) is 31.4 Å². The van der Waals surface area contributed by atoms with Crippen LogP contribution in [0, 0.1) is 11.8 Å². The highest BCUT2D eigenvalue weighted by atomic mass is 32.2. The molecule has 3 rings (SSSR count). The lowest BCUT2D eigenvalue weighted by Gasteiger charge is -2.40. The van der Waals surface area contributed by atoms with Crippen molar-refractivity contribution in [3.63, 3.8) is 0 Å². The molecule has 0 aliphatic heterocycles. The molecule has 0 N–H and O–H groups in total. The Morgan fingerprint density at radius 1 is 1.45 bits per heavy atom. The van der Waals surface area contributed by atoms with Crippen LogP contribution < -0.4 is 0 Å². The van der Waals surface area contributed by atoms with Crippen LogP contribution in [-0.2, 0) is 4.79 Å². The number of carbonyl (C=O) groups is 1. The molecule has 3 aliphatic carbocycles. The van der Waals surface area contributed by atoms with Crippen molar-refractivity contribution in [1.82, 2.24) is 0 Å². The van der Waals surface area contributed by atoms with Crippen LogP contribution in [0.3, 0.4) is 0 Å². The van der Waals surface area contributed by atoms with E-state index in [0.717, 1.165) is 12.3 Å². The molecule has 0 radical (unpaired) electrons. The Morgan fingerprint density at radius 2 is 2.27 bits per heavy atom. The van der Waals surface area contributed by atoms with Crippen LogP contribution >= 0.6 is 11.8 Å². The predicted octanol–water partition coefficient (Wildman–Crippen LogP) is 2.11. The molecule has 0 amide bonds. The lowest BCUT2D eigenvalue weighted by molar-refractivity contribution is -0.128. The van der Waals surface area contributed by atoms with Crippen LogP contribution in [0.4, 0.5) is 0 Å². The van der Waals surface area contributed by atoms with Gasteiger partial charge in [-0.3, -0.25) is 4.79 Å². The minimum absolute atomic E-state index is 0.426. The molecule has 62 valence electrons. The van der Waals surface area contributed by atoms with Gasteiger partial charge >= 0.3 is 0 Å². The Bertz CT molecular complexity index is 178. The standard InChI is InChI=1S/C9H14OS/c1-11-9-5-6-2-3-7(9)8(10)4-6/h6-7,9H,2-5H2,1H3. The maximum Gasteiger partial charge on any atom is 0.137 e. The molecule has 1 nitrogen and oxygen atoms in total. The summed E-state index contributed by atoms with van der Waals surface area (Å²) in [4.78, 5) is 11.4. The van der Waals surface area contributed by atoms with Crippen LogP contribution in [0.1, 0.15) is 25.7 Å². The fourth-order valence-electron chi connectivity index (χ4n) is 2.46. The summed E-state index contributed by atoms with van der Waals surface area (Å²) in [6, 6.07) is 0. The van der Waals surface area contributed by atoms with Gasteiger partial charge in [-0.1, -0.05) is 0 Å². The van der Waals surface area contributed by atoms with Crippen LogP contribution in [-0.4, -0.2) is 17.3 Å². The Hall–Kier alpha value is 0.0200. The van der Waals surface area contributed by atoms with E-state index < -0.39 is 0 Å². The number of ketones is 1. The van der Waals surface area contributed by atoms with E-state index in [1.807, 2.05) is 11.8 Å². The molecule has 0 aromatic heterocycles. The molecule has 3 aliphatic rings. The molecule has 2 bridgehead atoms. The number of carbonyl (C=O) groups excluding carboxylic acids is 1. The Labute approximate surface area is 71.9 Å². The van der Waals surface area contributed by atoms with Gasteiger partial charge in [0, 0.05) is 17.6 Å². The van der Waals surface area contributed by atoms with Crippen LogP contribution in [0.15, 0.2) is 0 Å². The first kappa shape index (κ1) is 7.66. The highest BCUT2D eigenvalue weighted by Crippen LogP contribution is 2.43. The lowest BCUT2D eigenvalue weighted by Crippen LogP contribution is -2.40. The average Bonchev–Trinajstić information content (AvgIpc) is 2.04. The normalized spacial score (nSPS) is 43.0. The zero-order valence-electron chi connectivity index (χ0n) is 6.88. The van der Waals surface area contributed by atoms with Crippen LogP contribution in [0.2, 0.25) is 0 Å². The molecule has 3 saturated carbocycles. The lowest BCUT2D eigenvalue weighted by atomic mass is 9.70. The van der Waals surface area contributed by atoms with E-state index in [1.54, 1.807) is 0 Å². The summed E-state index contributed by atoms with van der Waals surface area (Å²) in [6.07, 6.45) is 6.82. The zero-order chi connectivity index (χ0) is 7.84. The molecule has 0 saturated heterocycles. The van der Waals surface area contributed by atoms with Gasteiger partial charge in [0.2, 0.25) is 0 Å². The third-order valence-electron chi connectivity index (χ3n) is 3.11. The van der Waals surface area contributed by atoms with E-state index in [9.17, 15) is 4.79 Å². The highest BCUT2D eigenvalue weighted by Gasteiger charge is 2.40. The third-order valence-corrected chi connectivity index (χ3v) is 4.23. The molecule has 0 aromatic carbocycles. The summed E-state index contributed by atoms with van der Waals surface area (Å²) in [5, 5.41) is 0.662. The molecule has 11 heavy (non-hydrogen) atoms. The molecule has 3 fully saturated rings.